The van der Waals surface area contributed by atoms with Gasteiger partial charge in [-0.2, -0.15) is 0 Å². The quantitative estimate of drug-likeness (QED) is 0.107. The molecular weight excluding hydrogens is 1770 g/mol. The van der Waals surface area contributed by atoms with Gasteiger partial charge in [0.15, 0.2) is 86.9 Å². The van der Waals surface area contributed by atoms with Crippen molar-refractivity contribution in [2.45, 2.75) is 0 Å². The Kier molecular flexibility index (Phi) is 20.9. The van der Waals surface area contributed by atoms with Crippen molar-refractivity contribution in [3.63, 3.8) is 0 Å². The molecule has 6 aromatic heterocycles. The number of furan rings is 1. The van der Waals surface area contributed by atoms with Gasteiger partial charge in [-0.1, -0.05) is 261 Å². The molecule has 19 aromatic carbocycles. The Morgan fingerprint density at radius 1 is 0.170 bits per heavy atom. The third-order valence-electron chi connectivity index (χ3n) is 25.6. The first kappa shape index (κ1) is 82.9. The summed E-state index contributed by atoms with van der Waals surface area (Å²) in [4.78, 5) is 51.7. The van der Waals surface area contributed by atoms with E-state index in [1.807, 2.05) is 224 Å². The third kappa shape index (κ3) is 15.6. The average Bonchev–Trinajstić information content (AvgIpc) is 1.53. The van der Waals surface area contributed by atoms with Crippen LogP contribution in [0.1, 0.15) is 0 Å². The van der Waals surface area contributed by atoms with E-state index in [0.29, 0.717) is 52.4 Å². The van der Waals surface area contributed by atoms with Crippen LogP contribution in [0.25, 0.3) is 176 Å². The number of anilines is 9. The molecule has 9 heterocycles. The van der Waals surface area contributed by atoms with E-state index in [-0.39, 0.29) is 0 Å². The van der Waals surface area contributed by atoms with E-state index >= 15 is 0 Å². The second kappa shape index (κ2) is 35.5. The van der Waals surface area contributed by atoms with Crippen LogP contribution in [0.5, 0.6) is 34.5 Å². The van der Waals surface area contributed by atoms with Crippen LogP contribution >= 0.6 is 22.7 Å². The number of thiophene rings is 2. The van der Waals surface area contributed by atoms with E-state index in [1.54, 1.807) is 22.7 Å². The van der Waals surface area contributed by atoms with Gasteiger partial charge >= 0.3 is 0 Å². The summed E-state index contributed by atoms with van der Waals surface area (Å²) in [5, 5.41) is 7.15. The topological polar surface area (TPSA) is 167 Å². The van der Waals surface area contributed by atoms with Crippen molar-refractivity contribution >= 4 is 136 Å². The van der Waals surface area contributed by atoms with E-state index < -0.39 is 0 Å². The summed E-state index contributed by atoms with van der Waals surface area (Å²) >= 11 is 3.58. The Morgan fingerprint density at radius 2 is 0.447 bits per heavy atom. The molecule has 0 N–H and O–H groups in total. The minimum absolute atomic E-state index is 0.606. The standard InChI is InChI=1S/C45H28N4O2.2C39H24N4OS/c1-2-10-30(11-3-1)43-46-44(31-20-18-29(19-21-31)33-24-27-40-36(28-33)35-12-4-7-15-39(35)50-40)48-45(47-43)32-22-25-34(26-23-32)49-37-13-5-8-16-41(37)51-42-17-9-6-14-38(42)49;1-2-11-25(12-3-1)37-40-38(42-39(41-37)30-15-10-14-29-28-13-4-9-20-35(28)45-36(29)30)26-21-23-27(24-22-26)43-31-16-5-7-18-33(31)44-34-19-8-6-17-32(34)43;1-2-10-25(11-3-1)37-40-38(42-39(41-37)27-20-23-36-30(24-27)29-12-4-9-17-35(29)45-36)26-18-21-28(22-19-26)43-31-13-5-7-15-33(31)44-34-16-8-6-14-32(34)43/h1-28H;2*1-24H. The minimum Gasteiger partial charge on any atom is -0.456 e. The molecule has 0 saturated carbocycles. The summed E-state index contributed by atoms with van der Waals surface area (Å²) in [7, 11) is 0. The van der Waals surface area contributed by atoms with Gasteiger partial charge in [0.1, 0.15) is 11.2 Å². The summed E-state index contributed by atoms with van der Waals surface area (Å²) in [6, 6.07) is 157. The number of benzene rings is 19. The monoisotopic (exact) mass is 1850 g/mol. The van der Waals surface area contributed by atoms with E-state index in [4.69, 9.17) is 63.5 Å². The number of nitrogens with zero attached hydrogens (tertiary/aromatic N) is 12. The lowest BCUT2D eigenvalue weighted by molar-refractivity contribution is 0.477. The molecule has 0 amide bonds. The molecule has 0 radical (unpaired) electrons. The van der Waals surface area contributed by atoms with Crippen LogP contribution in [0.2, 0.25) is 0 Å². The van der Waals surface area contributed by atoms with Crippen molar-refractivity contribution in [2.75, 3.05) is 14.7 Å². The SMILES string of the molecule is c1ccc(-c2nc(-c3ccc(-c4ccc5oc6ccccc6c5c4)cc3)nc(-c3ccc(N4c5ccccc5Oc5ccccc54)cc3)n2)cc1.c1ccc(-c2nc(-c3ccc(N4c5ccccc5Oc5ccccc54)cc3)nc(-c3ccc4sc5ccccc5c4c3)n2)cc1.c1ccc(-c2nc(-c3ccc(N4c5ccccc5Oc5ccccc54)cc3)nc(-c3cccc4c3sc3ccccc34)n2)cc1. The van der Waals surface area contributed by atoms with Crippen LogP contribution in [-0.2, 0) is 0 Å². The van der Waals surface area contributed by atoms with Crippen molar-refractivity contribution < 1.29 is 18.6 Å². The van der Waals surface area contributed by atoms with Gasteiger partial charge in [-0.15, -0.1) is 22.7 Å². The first-order valence-corrected chi connectivity index (χ1v) is 48.1. The van der Waals surface area contributed by atoms with E-state index in [1.165, 1.54) is 40.3 Å². The molecule has 0 fully saturated rings. The first-order valence-electron chi connectivity index (χ1n) is 46.4. The molecular formula is C123H76N12O4S2. The van der Waals surface area contributed by atoms with Crippen molar-refractivity contribution in [1.29, 1.82) is 0 Å². The molecule has 0 atom stereocenters. The molecule has 0 spiro atoms. The summed E-state index contributed by atoms with van der Waals surface area (Å²) in [6.45, 7) is 0. The predicted octanol–water partition coefficient (Wildman–Crippen LogP) is 33.6. The number of fused-ring (bicyclic) bond motifs is 15. The van der Waals surface area contributed by atoms with Crippen LogP contribution in [0.15, 0.2) is 465 Å². The molecule has 0 bridgehead atoms. The highest BCUT2D eigenvalue weighted by Gasteiger charge is 2.31. The van der Waals surface area contributed by atoms with Gasteiger partial charge in [0.25, 0.3) is 0 Å². The number of rotatable bonds is 13. The Labute approximate surface area is 817 Å². The second-order valence-electron chi connectivity index (χ2n) is 34.3. The smallest absolute Gasteiger partial charge is 0.165 e. The molecule has 0 saturated heterocycles. The van der Waals surface area contributed by atoms with Crippen LogP contribution in [-0.4, -0.2) is 44.9 Å². The molecule has 664 valence electrons. The van der Waals surface area contributed by atoms with Crippen molar-refractivity contribution in [1.82, 2.24) is 44.9 Å². The Hall–Kier alpha value is -18.8. The fourth-order valence-electron chi connectivity index (χ4n) is 18.8. The van der Waals surface area contributed by atoms with Gasteiger partial charge in [-0.3, -0.25) is 0 Å². The number of hydrogen-bond donors (Lipinski definition) is 0. The van der Waals surface area contributed by atoms with Gasteiger partial charge in [0.2, 0.25) is 0 Å². The van der Waals surface area contributed by atoms with E-state index in [0.717, 1.165) is 169 Å². The normalized spacial score (nSPS) is 12.1. The molecule has 3 aliphatic rings. The Morgan fingerprint density at radius 3 is 0.858 bits per heavy atom. The summed E-state index contributed by atoms with van der Waals surface area (Å²) in [6.07, 6.45) is 0. The van der Waals surface area contributed by atoms with Gasteiger partial charge in [-0.05, 0) is 211 Å². The number of aromatic nitrogens is 9. The number of ether oxygens (including phenoxy) is 3. The Balaban J connectivity index is 0.000000109. The van der Waals surface area contributed by atoms with Crippen LogP contribution in [0.4, 0.5) is 51.2 Å². The zero-order valence-electron chi connectivity index (χ0n) is 75.2. The molecule has 25 aromatic rings. The average molecular weight is 1850 g/mol. The van der Waals surface area contributed by atoms with Crippen LogP contribution < -0.4 is 28.9 Å². The highest BCUT2D eigenvalue weighted by atomic mass is 32.1. The van der Waals surface area contributed by atoms with Gasteiger partial charge in [0, 0.05) is 118 Å². The van der Waals surface area contributed by atoms with Gasteiger partial charge < -0.3 is 33.3 Å². The maximum absolute atomic E-state index is 6.22. The van der Waals surface area contributed by atoms with Gasteiger partial charge in [0.05, 0.1) is 34.1 Å². The Bertz CT molecular complexity index is 8980. The molecule has 3 aliphatic heterocycles. The molecule has 18 heteroatoms. The molecule has 141 heavy (non-hydrogen) atoms. The predicted molar refractivity (Wildman–Crippen MR) is 571 cm³/mol. The van der Waals surface area contributed by atoms with E-state index in [2.05, 4.69) is 251 Å². The first-order chi connectivity index (χ1) is 69.8. The van der Waals surface area contributed by atoms with Crippen molar-refractivity contribution in [3.8, 4) is 148 Å². The lowest BCUT2D eigenvalue weighted by atomic mass is 10.0. The van der Waals surface area contributed by atoms with Gasteiger partial charge in [-0.25, -0.2) is 44.9 Å². The fraction of sp³-hybridized carbons (Fsp3) is 0. The maximum atomic E-state index is 6.22. The lowest BCUT2D eigenvalue weighted by Crippen LogP contribution is -2.15. The minimum atomic E-state index is 0.606. The van der Waals surface area contributed by atoms with E-state index in [9.17, 15) is 0 Å². The lowest BCUT2D eigenvalue weighted by Gasteiger charge is -2.32. The third-order valence-corrected chi connectivity index (χ3v) is 28.0. The maximum Gasteiger partial charge on any atom is 0.165 e. The summed E-state index contributed by atoms with van der Waals surface area (Å²) in [5.41, 5.74) is 21.4. The second-order valence-corrected chi connectivity index (χ2v) is 36.4. The van der Waals surface area contributed by atoms with Crippen LogP contribution in [0.3, 0.4) is 0 Å². The molecule has 16 nitrogen and oxygen atoms in total. The zero-order valence-corrected chi connectivity index (χ0v) is 76.8. The highest BCUT2D eigenvalue weighted by Crippen LogP contribution is 2.55. The van der Waals surface area contributed by atoms with Crippen LogP contribution in [0, 0.1) is 0 Å². The van der Waals surface area contributed by atoms with Crippen molar-refractivity contribution in [3.05, 3.63) is 461 Å². The zero-order chi connectivity index (χ0) is 93.2. The molecule has 28 rings (SSSR count). The molecule has 0 unspecified atom stereocenters. The highest BCUT2D eigenvalue weighted by molar-refractivity contribution is 7.26. The molecule has 0 aliphatic carbocycles. The van der Waals surface area contributed by atoms with Crippen molar-refractivity contribution in [2.24, 2.45) is 0 Å². The number of para-hydroxylation sites is 13. The summed E-state index contributed by atoms with van der Waals surface area (Å²) in [5.74, 6) is 10.6. The fourth-order valence-corrected chi connectivity index (χ4v) is 21.1. The largest absolute Gasteiger partial charge is 0.456 e. The number of hydrogen-bond acceptors (Lipinski definition) is 18. The summed E-state index contributed by atoms with van der Waals surface area (Å²) < 4.78 is 29.6.